The van der Waals surface area contributed by atoms with Crippen molar-refractivity contribution in [2.75, 3.05) is 29.9 Å². The highest BCUT2D eigenvalue weighted by Crippen LogP contribution is 2.29. The van der Waals surface area contributed by atoms with E-state index < -0.39 is 10.0 Å². The summed E-state index contributed by atoms with van der Waals surface area (Å²) in [4.78, 5) is 27.3. The van der Waals surface area contributed by atoms with Crippen LogP contribution < -0.4 is 14.5 Å². The maximum atomic E-state index is 12.6. The second-order valence-electron chi connectivity index (χ2n) is 6.22. The Hall–Kier alpha value is -2.71. The Labute approximate surface area is 158 Å². The lowest BCUT2D eigenvalue weighted by atomic mass is 10.2. The Bertz CT molecular complexity index is 974. The van der Waals surface area contributed by atoms with E-state index in [9.17, 15) is 18.0 Å². The van der Waals surface area contributed by atoms with Crippen molar-refractivity contribution >= 4 is 33.2 Å². The lowest BCUT2D eigenvalue weighted by molar-refractivity contribution is -0.118. The van der Waals surface area contributed by atoms with E-state index in [1.165, 1.54) is 21.9 Å². The van der Waals surface area contributed by atoms with Gasteiger partial charge in [0.05, 0.1) is 17.9 Å². The quantitative estimate of drug-likeness (QED) is 0.815. The van der Waals surface area contributed by atoms with E-state index in [0.717, 1.165) is 0 Å². The predicted molar refractivity (Wildman–Crippen MR) is 103 cm³/mol. The number of likely N-dealkylation sites (N-methyl/N-ethyl adjacent to an activating group) is 2. The third kappa shape index (κ3) is 3.86. The van der Waals surface area contributed by atoms with E-state index >= 15 is 0 Å². The summed E-state index contributed by atoms with van der Waals surface area (Å²) in [5.41, 5.74) is 2.08. The molecule has 8 heteroatoms. The summed E-state index contributed by atoms with van der Waals surface area (Å²) in [5.74, 6) is -0.424. The van der Waals surface area contributed by atoms with Crippen LogP contribution in [0.2, 0.25) is 0 Å². The van der Waals surface area contributed by atoms with E-state index in [2.05, 4.69) is 4.72 Å². The molecule has 1 N–H and O–H groups in total. The number of amides is 2. The Morgan fingerprint density at radius 2 is 1.89 bits per heavy atom. The fourth-order valence-corrected chi connectivity index (χ4v) is 4.08. The van der Waals surface area contributed by atoms with E-state index in [0.29, 0.717) is 23.5 Å². The summed E-state index contributed by atoms with van der Waals surface area (Å²) in [5, 5.41) is 0. The van der Waals surface area contributed by atoms with Crippen LogP contribution in [0.5, 0.6) is 0 Å². The van der Waals surface area contributed by atoms with Crippen LogP contribution >= 0.6 is 0 Å². The number of nitrogens with one attached hydrogen (secondary N) is 1. The van der Waals surface area contributed by atoms with Gasteiger partial charge in [-0.3, -0.25) is 9.59 Å². The minimum absolute atomic E-state index is 0.0416. The van der Waals surface area contributed by atoms with Crippen molar-refractivity contribution in [1.82, 2.24) is 4.72 Å². The molecule has 3 rings (SSSR count). The van der Waals surface area contributed by atoms with Crippen LogP contribution in [-0.4, -0.2) is 40.4 Å². The molecule has 0 fully saturated rings. The molecule has 0 spiro atoms. The van der Waals surface area contributed by atoms with Gasteiger partial charge in [-0.15, -0.1) is 0 Å². The van der Waals surface area contributed by atoms with Gasteiger partial charge in [-0.05, 0) is 42.8 Å². The molecule has 27 heavy (non-hydrogen) atoms. The standard InChI is InChI=1S/C19H21N3O4S/c1-3-22(15-7-5-4-6-8-15)19(24)13-20-27(25,26)16-9-10-17-14(11-16)12-18(23)21(17)2/h4-11,20H,3,12-13H2,1-2H3. The van der Waals surface area contributed by atoms with Crippen LogP contribution in [0, 0.1) is 0 Å². The lowest BCUT2D eigenvalue weighted by Crippen LogP contribution is -2.40. The van der Waals surface area contributed by atoms with Crippen molar-refractivity contribution in [1.29, 1.82) is 0 Å². The summed E-state index contributed by atoms with van der Waals surface area (Å²) in [6.45, 7) is 1.91. The highest BCUT2D eigenvalue weighted by atomic mass is 32.2. The fourth-order valence-electron chi connectivity index (χ4n) is 3.06. The molecule has 2 aromatic rings. The van der Waals surface area contributed by atoms with Crippen molar-refractivity contribution in [2.45, 2.75) is 18.2 Å². The number of nitrogens with zero attached hydrogens (tertiary/aromatic N) is 2. The van der Waals surface area contributed by atoms with Gasteiger partial charge in [-0.2, -0.15) is 0 Å². The average Bonchev–Trinajstić information content (AvgIpc) is 2.95. The molecule has 0 aliphatic carbocycles. The van der Waals surface area contributed by atoms with Crippen molar-refractivity contribution in [3.8, 4) is 0 Å². The molecule has 1 heterocycles. The van der Waals surface area contributed by atoms with Gasteiger partial charge in [0.25, 0.3) is 0 Å². The molecule has 2 aromatic carbocycles. The van der Waals surface area contributed by atoms with Gasteiger partial charge in [0.15, 0.2) is 0 Å². The Balaban J connectivity index is 1.73. The Kier molecular flexibility index (Phi) is 5.29. The number of hydrogen-bond acceptors (Lipinski definition) is 4. The Morgan fingerprint density at radius 1 is 1.19 bits per heavy atom. The van der Waals surface area contributed by atoms with Gasteiger partial charge < -0.3 is 9.80 Å². The zero-order valence-corrected chi connectivity index (χ0v) is 16.0. The largest absolute Gasteiger partial charge is 0.315 e. The molecule has 2 amide bonds. The number of carbonyl (C=O) groups is 2. The number of benzene rings is 2. The average molecular weight is 387 g/mol. The van der Waals surface area contributed by atoms with Crippen LogP contribution in [-0.2, 0) is 26.0 Å². The molecule has 1 aliphatic rings. The zero-order valence-electron chi connectivity index (χ0n) is 15.2. The number of carbonyl (C=O) groups excluding carboxylic acids is 2. The van der Waals surface area contributed by atoms with Gasteiger partial charge >= 0.3 is 0 Å². The highest BCUT2D eigenvalue weighted by molar-refractivity contribution is 7.89. The Morgan fingerprint density at radius 3 is 2.56 bits per heavy atom. The van der Waals surface area contributed by atoms with E-state index in [-0.39, 0.29) is 29.7 Å². The number of rotatable bonds is 6. The molecule has 0 atom stereocenters. The monoisotopic (exact) mass is 387 g/mol. The lowest BCUT2D eigenvalue weighted by Gasteiger charge is -2.21. The molecular weight excluding hydrogens is 366 g/mol. The third-order valence-corrected chi connectivity index (χ3v) is 5.94. The second-order valence-corrected chi connectivity index (χ2v) is 7.99. The van der Waals surface area contributed by atoms with Gasteiger partial charge in [0, 0.05) is 25.0 Å². The van der Waals surface area contributed by atoms with Gasteiger partial charge in [0.1, 0.15) is 0 Å². The minimum atomic E-state index is -3.86. The van der Waals surface area contributed by atoms with E-state index in [4.69, 9.17) is 0 Å². The van der Waals surface area contributed by atoms with Crippen LogP contribution in [0.25, 0.3) is 0 Å². The smallest absolute Gasteiger partial charge is 0.242 e. The summed E-state index contributed by atoms with van der Waals surface area (Å²) < 4.78 is 27.5. The van der Waals surface area contributed by atoms with E-state index in [1.54, 1.807) is 25.2 Å². The van der Waals surface area contributed by atoms with Gasteiger partial charge in [0.2, 0.25) is 21.8 Å². The third-order valence-electron chi connectivity index (χ3n) is 4.54. The molecule has 0 saturated carbocycles. The fraction of sp³-hybridized carbons (Fsp3) is 0.263. The maximum Gasteiger partial charge on any atom is 0.242 e. The first-order valence-corrected chi connectivity index (χ1v) is 10.1. The summed E-state index contributed by atoms with van der Waals surface area (Å²) in [7, 11) is -2.21. The number of hydrogen-bond donors (Lipinski definition) is 1. The molecule has 0 saturated heterocycles. The van der Waals surface area contributed by atoms with Crippen molar-refractivity contribution < 1.29 is 18.0 Å². The molecule has 1 aliphatic heterocycles. The normalized spacial score (nSPS) is 13.6. The second kappa shape index (κ2) is 7.50. The van der Waals surface area contributed by atoms with Crippen molar-refractivity contribution in [2.24, 2.45) is 0 Å². The molecule has 0 unspecified atom stereocenters. The first-order chi connectivity index (χ1) is 12.8. The number of para-hydroxylation sites is 1. The van der Waals surface area contributed by atoms with Gasteiger partial charge in [-0.25, -0.2) is 13.1 Å². The first-order valence-electron chi connectivity index (χ1n) is 8.58. The minimum Gasteiger partial charge on any atom is -0.315 e. The molecule has 7 nitrogen and oxygen atoms in total. The zero-order chi connectivity index (χ0) is 19.6. The molecular formula is C19H21N3O4S. The van der Waals surface area contributed by atoms with Crippen LogP contribution in [0.1, 0.15) is 12.5 Å². The van der Waals surface area contributed by atoms with Crippen molar-refractivity contribution in [3.05, 3.63) is 54.1 Å². The number of sulfonamides is 1. The maximum absolute atomic E-state index is 12.6. The molecule has 0 aromatic heterocycles. The van der Waals surface area contributed by atoms with Gasteiger partial charge in [-0.1, -0.05) is 18.2 Å². The van der Waals surface area contributed by atoms with Crippen LogP contribution in [0.4, 0.5) is 11.4 Å². The molecule has 142 valence electrons. The summed E-state index contributed by atoms with van der Waals surface area (Å²) in [6.07, 6.45) is 0.172. The van der Waals surface area contributed by atoms with Crippen LogP contribution in [0.3, 0.4) is 0 Å². The molecule has 0 bridgehead atoms. The first kappa shape index (κ1) is 19.1. The summed E-state index contributed by atoms with van der Waals surface area (Å²) in [6, 6.07) is 13.6. The predicted octanol–water partition coefficient (Wildman–Crippen LogP) is 1.54. The summed E-state index contributed by atoms with van der Waals surface area (Å²) >= 11 is 0. The highest BCUT2D eigenvalue weighted by Gasteiger charge is 2.26. The SMILES string of the molecule is CCN(C(=O)CNS(=O)(=O)c1ccc2c(c1)CC(=O)N2C)c1ccccc1. The van der Waals surface area contributed by atoms with Crippen LogP contribution in [0.15, 0.2) is 53.4 Å². The molecule has 0 radical (unpaired) electrons. The van der Waals surface area contributed by atoms with Crippen molar-refractivity contribution in [3.63, 3.8) is 0 Å². The number of anilines is 2. The topological polar surface area (TPSA) is 86.8 Å². The van der Waals surface area contributed by atoms with E-state index in [1.807, 2.05) is 25.1 Å². The number of fused-ring (bicyclic) bond motifs is 1.